The van der Waals surface area contributed by atoms with Crippen LogP contribution in [0.1, 0.15) is 79.6 Å². The first-order valence-corrected chi connectivity index (χ1v) is 9.64. The van der Waals surface area contributed by atoms with Crippen LogP contribution in [0, 0.1) is 28.1 Å². The Morgan fingerprint density at radius 3 is 2.64 bits per heavy atom. The van der Waals surface area contributed by atoms with E-state index in [1.54, 1.807) is 0 Å². The molecule has 0 spiro atoms. The molecule has 4 nitrogen and oxygen atoms in total. The van der Waals surface area contributed by atoms with Crippen LogP contribution in [0.25, 0.3) is 0 Å². The summed E-state index contributed by atoms with van der Waals surface area (Å²) >= 11 is 0. The molecule has 4 heteroatoms. The van der Waals surface area contributed by atoms with E-state index in [9.17, 15) is 4.79 Å². The van der Waals surface area contributed by atoms with Crippen LogP contribution >= 0.6 is 0 Å². The maximum Gasteiger partial charge on any atom is 0.407 e. The average molecular weight is 347 g/mol. The van der Waals surface area contributed by atoms with E-state index >= 15 is 0 Å². The minimum atomic E-state index is -0.468. The number of fused-ring (bicyclic) bond motifs is 2. The van der Waals surface area contributed by atoms with Crippen LogP contribution in [-0.2, 0) is 4.74 Å². The second kappa shape index (κ2) is 7.40. The summed E-state index contributed by atoms with van der Waals surface area (Å²) < 4.78 is 5.49. The Bertz CT molecular complexity index is 553. The van der Waals surface area contributed by atoms with Gasteiger partial charge in [0.15, 0.2) is 0 Å². The zero-order valence-electron chi connectivity index (χ0n) is 16.5. The van der Waals surface area contributed by atoms with E-state index in [0.717, 1.165) is 31.6 Å². The molecule has 3 atom stereocenters. The molecule has 0 heterocycles. The van der Waals surface area contributed by atoms with Crippen molar-refractivity contribution in [3.63, 3.8) is 0 Å². The zero-order chi connectivity index (χ0) is 18.7. The lowest BCUT2D eigenvalue weighted by Crippen LogP contribution is -2.68. The number of alkyl carbamates (subject to hydrolysis) is 1. The summed E-state index contributed by atoms with van der Waals surface area (Å²) in [4.78, 5) is 12.3. The van der Waals surface area contributed by atoms with Gasteiger partial charge in [-0.3, -0.25) is 0 Å². The fraction of sp³-hybridized carbons (Fsp3) is 0.810. The Morgan fingerprint density at radius 2 is 2.04 bits per heavy atom. The molecular weight excluding hydrogens is 312 g/mol. The SMILES string of the molecule is CC(C)(C)OC(=O)NC1CCC2CC1(C/C=C\CCCC#N)C2(C)C. The maximum atomic E-state index is 12.3. The molecule has 0 radical (unpaired) electrons. The number of hydrogen-bond acceptors (Lipinski definition) is 3. The number of rotatable bonds is 6. The zero-order valence-corrected chi connectivity index (χ0v) is 16.5. The van der Waals surface area contributed by atoms with Gasteiger partial charge in [-0.15, -0.1) is 0 Å². The standard InChI is InChI=1S/C21H34N2O2/c1-19(2,3)25-18(24)23-17-12-11-16-15-21(17,20(16,4)5)13-9-7-6-8-10-14-22/h7,9,16-17H,6,8,10-13,15H2,1-5H3,(H,23,24)/b9-7-. The summed E-state index contributed by atoms with van der Waals surface area (Å²) in [6.45, 7) is 10.4. The van der Waals surface area contributed by atoms with Gasteiger partial charge in [0.1, 0.15) is 5.60 Å². The number of allylic oxidation sites excluding steroid dienone is 2. The van der Waals surface area contributed by atoms with E-state index in [1.165, 1.54) is 12.8 Å². The molecule has 3 aliphatic rings. The minimum absolute atomic E-state index is 0.124. The van der Waals surface area contributed by atoms with Gasteiger partial charge in [0.05, 0.1) is 6.07 Å². The molecule has 3 fully saturated rings. The molecule has 1 N–H and O–H groups in total. The summed E-state index contributed by atoms with van der Waals surface area (Å²) in [5, 5.41) is 11.8. The Balaban J connectivity index is 2.02. The van der Waals surface area contributed by atoms with Crippen LogP contribution in [0.2, 0.25) is 0 Å². The van der Waals surface area contributed by atoms with Gasteiger partial charge in [-0.25, -0.2) is 4.79 Å². The third-order valence-electron chi connectivity index (χ3n) is 6.38. The number of unbranched alkanes of at least 4 members (excludes halogenated alkanes) is 2. The van der Waals surface area contributed by atoms with Crippen LogP contribution in [-0.4, -0.2) is 17.7 Å². The molecule has 2 bridgehead atoms. The van der Waals surface area contributed by atoms with Crippen molar-refractivity contribution in [1.29, 1.82) is 5.26 Å². The minimum Gasteiger partial charge on any atom is -0.444 e. The van der Waals surface area contributed by atoms with Gasteiger partial charge in [0.25, 0.3) is 0 Å². The van der Waals surface area contributed by atoms with Gasteiger partial charge in [-0.2, -0.15) is 5.26 Å². The lowest BCUT2D eigenvalue weighted by atomic mass is 9.37. The predicted octanol–water partition coefficient (Wildman–Crippen LogP) is 5.35. The second-order valence-electron chi connectivity index (χ2n) is 9.28. The molecule has 0 aliphatic heterocycles. The highest BCUT2D eigenvalue weighted by atomic mass is 16.6. The fourth-order valence-electron chi connectivity index (χ4n) is 4.79. The lowest BCUT2D eigenvalue weighted by molar-refractivity contribution is -0.177. The topological polar surface area (TPSA) is 62.1 Å². The van der Waals surface area contributed by atoms with Crippen LogP contribution in [0.4, 0.5) is 4.79 Å². The average Bonchev–Trinajstić information content (AvgIpc) is 2.49. The number of hydrogen-bond donors (Lipinski definition) is 1. The first kappa shape index (κ1) is 19.8. The smallest absolute Gasteiger partial charge is 0.407 e. The fourth-order valence-corrected chi connectivity index (χ4v) is 4.79. The molecule has 1 amide bonds. The van der Waals surface area contributed by atoms with Crippen LogP contribution in [0.3, 0.4) is 0 Å². The van der Waals surface area contributed by atoms with Crippen molar-refractivity contribution < 1.29 is 9.53 Å². The van der Waals surface area contributed by atoms with Crippen molar-refractivity contribution in [2.24, 2.45) is 16.7 Å². The molecule has 3 unspecified atom stereocenters. The number of nitrogens with zero attached hydrogens (tertiary/aromatic N) is 1. The van der Waals surface area contributed by atoms with E-state index in [4.69, 9.17) is 10.00 Å². The molecule has 0 aromatic heterocycles. The summed E-state index contributed by atoms with van der Waals surface area (Å²) in [6, 6.07) is 2.36. The Hall–Kier alpha value is -1.50. The predicted molar refractivity (Wildman–Crippen MR) is 99.9 cm³/mol. The van der Waals surface area contributed by atoms with Gasteiger partial charge >= 0.3 is 6.09 Å². The van der Waals surface area contributed by atoms with Crippen molar-refractivity contribution in [3.05, 3.63) is 12.2 Å². The first-order chi connectivity index (χ1) is 11.6. The molecule has 0 saturated heterocycles. The monoisotopic (exact) mass is 346 g/mol. The van der Waals surface area contributed by atoms with Gasteiger partial charge in [-0.1, -0.05) is 26.0 Å². The van der Waals surface area contributed by atoms with E-state index in [0.29, 0.717) is 6.42 Å². The number of amides is 1. The van der Waals surface area contributed by atoms with E-state index in [2.05, 4.69) is 37.4 Å². The summed E-state index contributed by atoms with van der Waals surface area (Å²) in [6.07, 6.45) is 11.1. The Labute approximate surface area is 153 Å². The highest BCUT2D eigenvalue weighted by Crippen LogP contribution is 2.69. The molecular formula is C21H34N2O2. The largest absolute Gasteiger partial charge is 0.444 e. The van der Waals surface area contributed by atoms with Crippen molar-refractivity contribution in [3.8, 4) is 6.07 Å². The molecule has 0 aromatic rings. The molecule has 3 rings (SSSR count). The number of ether oxygens (including phenoxy) is 1. The van der Waals surface area contributed by atoms with E-state index in [1.807, 2.05) is 20.8 Å². The maximum absolute atomic E-state index is 12.3. The molecule has 25 heavy (non-hydrogen) atoms. The third-order valence-corrected chi connectivity index (χ3v) is 6.38. The van der Waals surface area contributed by atoms with Gasteiger partial charge < -0.3 is 10.1 Å². The second-order valence-corrected chi connectivity index (χ2v) is 9.28. The highest BCUT2D eigenvalue weighted by Gasteiger charge is 2.65. The number of nitrogens with one attached hydrogen (secondary N) is 1. The summed E-state index contributed by atoms with van der Waals surface area (Å²) in [5.41, 5.74) is -0.106. The third kappa shape index (κ3) is 4.19. The first-order valence-electron chi connectivity index (χ1n) is 9.64. The van der Waals surface area contributed by atoms with Gasteiger partial charge in [0.2, 0.25) is 0 Å². The van der Waals surface area contributed by atoms with Gasteiger partial charge in [0, 0.05) is 12.5 Å². The highest BCUT2D eigenvalue weighted by molar-refractivity contribution is 5.68. The Morgan fingerprint density at radius 1 is 1.32 bits per heavy atom. The lowest BCUT2D eigenvalue weighted by Gasteiger charge is -2.69. The molecule has 3 aliphatic carbocycles. The van der Waals surface area contributed by atoms with E-state index < -0.39 is 5.60 Å². The van der Waals surface area contributed by atoms with Crippen LogP contribution in [0.15, 0.2) is 12.2 Å². The summed E-state index contributed by atoms with van der Waals surface area (Å²) in [7, 11) is 0. The number of carbonyl (C=O) groups is 1. The molecule has 3 saturated carbocycles. The number of carbonyl (C=O) groups excluding carboxylic acids is 1. The van der Waals surface area contributed by atoms with Crippen molar-refractivity contribution in [1.82, 2.24) is 5.32 Å². The van der Waals surface area contributed by atoms with Crippen molar-refractivity contribution in [2.75, 3.05) is 0 Å². The van der Waals surface area contributed by atoms with E-state index in [-0.39, 0.29) is 23.0 Å². The van der Waals surface area contributed by atoms with Gasteiger partial charge in [-0.05, 0) is 76.0 Å². The number of nitriles is 1. The normalized spacial score (nSPS) is 30.4. The van der Waals surface area contributed by atoms with Crippen molar-refractivity contribution in [2.45, 2.75) is 91.2 Å². The summed E-state index contributed by atoms with van der Waals surface area (Å²) in [5.74, 6) is 0.760. The van der Waals surface area contributed by atoms with Crippen LogP contribution in [0.5, 0.6) is 0 Å². The Kier molecular flexibility index (Phi) is 5.86. The molecule has 140 valence electrons. The van der Waals surface area contributed by atoms with Crippen molar-refractivity contribution >= 4 is 6.09 Å². The molecule has 0 aromatic carbocycles. The van der Waals surface area contributed by atoms with Crippen LogP contribution < -0.4 is 5.32 Å². The quantitative estimate of drug-likeness (QED) is 0.521.